The lowest BCUT2D eigenvalue weighted by atomic mass is 10.2. The highest BCUT2D eigenvalue weighted by atomic mass is 16.5. The van der Waals surface area contributed by atoms with Crippen molar-refractivity contribution in [2.45, 2.75) is 25.4 Å². The van der Waals surface area contributed by atoms with E-state index < -0.39 is 6.04 Å². The highest BCUT2D eigenvalue weighted by molar-refractivity contribution is 6.05. The van der Waals surface area contributed by atoms with Crippen LogP contribution in [0.5, 0.6) is 0 Å². The molecule has 1 rings (SSSR count). The maximum absolute atomic E-state index is 11.1. The Bertz CT molecular complexity index is 217. The topological polar surface area (TPSA) is 67.4 Å². The Morgan fingerprint density at radius 3 is 2.85 bits per heavy atom. The summed E-state index contributed by atoms with van der Waals surface area (Å²) in [5, 5.41) is 5.24. The van der Waals surface area contributed by atoms with Crippen molar-refractivity contribution in [2.24, 2.45) is 0 Å². The average Bonchev–Trinajstić information content (AvgIpc) is 2.30. The van der Waals surface area contributed by atoms with Crippen molar-refractivity contribution in [3.05, 3.63) is 0 Å². The third-order valence-electron chi connectivity index (χ3n) is 1.87. The molecule has 5 nitrogen and oxygen atoms in total. The quantitative estimate of drug-likeness (QED) is 0.554. The van der Waals surface area contributed by atoms with E-state index in [4.69, 9.17) is 4.74 Å². The number of ether oxygens (including phenoxy) is 1. The Morgan fingerprint density at radius 2 is 2.38 bits per heavy atom. The van der Waals surface area contributed by atoms with Crippen molar-refractivity contribution >= 4 is 11.8 Å². The van der Waals surface area contributed by atoms with Crippen molar-refractivity contribution in [1.29, 1.82) is 0 Å². The Morgan fingerprint density at radius 1 is 1.69 bits per heavy atom. The number of hydrogen-bond acceptors (Lipinski definition) is 4. The van der Waals surface area contributed by atoms with Crippen LogP contribution >= 0.6 is 0 Å². The predicted molar refractivity (Wildman–Crippen MR) is 46.0 cm³/mol. The van der Waals surface area contributed by atoms with Crippen molar-refractivity contribution in [1.82, 2.24) is 10.6 Å². The minimum absolute atomic E-state index is 0.0756. The van der Waals surface area contributed by atoms with Gasteiger partial charge in [0.25, 0.3) is 0 Å². The van der Waals surface area contributed by atoms with Crippen LogP contribution in [0.15, 0.2) is 0 Å². The van der Waals surface area contributed by atoms with Gasteiger partial charge in [0.1, 0.15) is 0 Å². The average molecular weight is 186 g/mol. The van der Waals surface area contributed by atoms with Gasteiger partial charge in [-0.2, -0.15) is 0 Å². The molecule has 2 N–H and O–H groups in total. The van der Waals surface area contributed by atoms with E-state index in [1.165, 1.54) is 0 Å². The summed E-state index contributed by atoms with van der Waals surface area (Å²) in [4.78, 5) is 21.9. The smallest absolute Gasteiger partial charge is 0.244 e. The van der Waals surface area contributed by atoms with Crippen molar-refractivity contribution in [2.75, 3.05) is 13.7 Å². The van der Waals surface area contributed by atoms with Gasteiger partial charge in [-0.05, 0) is 6.92 Å². The summed E-state index contributed by atoms with van der Waals surface area (Å²) in [5.41, 5.74) is 0. The summed E-state index contributed by atoms with van der Waals surface area (Å²) >= 11 is 0. The lowest BCUT2D eigenvalue weighted by molar-refractivity contribution is -0.125. The van der Waals surface area contributed by atoms with Crippen molar-refractivity contribution in [3.8, 4) is 0 Å². The first-order valence-corrected chi connectivity index (χ1v) is 4.22. The van der Waals surface area contributed by atoms with Gasteiger partial charge in [0, 0.05) is 13.2 Å². The largest absolute Gasteiger partial charge is 0.383 e. The third-order valence-corrected chi connectivity index (χ3v) is 1.87. The molecule has 74 valence electrons. The molecule has 2 unspecified atom stereocenters. The van der Waals surface area contributed by atoms with Crippen LogP contribution in [-0.2, 0) is 14.3 Å². The molecule has 1 aliphatic heterocycles. The van der Waals surface area contributed by atoms with Crippen LogP contribution in [0.3, 0.4) is 0 Å². The number of amides is 2. The van der Waals surface area contributed by atoms with Gasteiger partial charge in [-0.15, -0.1) is 0 Å². The summed E-state index contributed by atoms with van der Waals surface area (Å²) in [6.45, 7) is 2.43. The number of carbonyl (C=O) groups is 2. The number of imide groups is 1. The molecule has 0 aromatic carbocycles. The van der Waals surface area contributed by atoms with E-state index in [1.54, 1.807) is 7.11 Å². The minimum Gasteiger partial charge on any atom is -0.383 e. The molecule has 0 radical (unpaired) electrons. The van der Waals surface area contributed by atoms with Gasteiger partial charge < -0.3 is 10.1 Å². The molecule has 0 aliphatic carbocycles. The van der Waals surface area contributed by atoms with E-state index in [0.29, 0.717) is 6.61 Å². The molecular weight excluding hydrogens is 172 g/mol. The van der Waals surface area contributed by atoms with Gasteiger partial charge in [-0.1, -0.05) is 0 Å². The molecule has 1 saturated heterocycles. The molecule has 2 amide bonds. The van der Waals surface area contributed by atoms with E-state index in [2.05, 4.69) is 10.6 Å². The molecule has 13 heavy (non-hydrogen) atoms. The van der Waals surface area contributed by atoms with E-state index in [-0.39, 0.29) is 24.3 Å². The van der Waals surface area contributed by atoms with Crippen LogP contribution in [-0.4, -0.2) is 37.6 Å². The monoisotopic (exact) mass is 186 g/mol. The maximum Gasteiger partial charge on any atom is 0.244 e. The van der Waals surface area contributed by atoms with E-state index in [0.717, 1.165) is 0 Å². The van der Waals surface area contributed by atoms with E-state index in [9.17, 15) is 9.59 Å². The van der Waals surface area contributed by atoms with Gasteiger partial charge >= 0.3 is 0 Å². The predicted octanol–water partition coefficient (Wildman–Crippen LogP) is -0.974. The molecule has 0 saturated carbocycles. The van der Waals surface area contributed by atoms with Gasteiger partial charge in [0.15, 0.2) is 0 Å². The van der Waals surface area contributed by atoms with E-state index in [1.807, 2.05) is 6.92 Å². The Labute approximate surface area is 76.8 Å². The first-order chi connectivity index (χ1) is 6.13. The molecule has 0 bridgehead atoms. The number of nitrogens with one attached hydrogen (secondary N) is 2. The summed E-state index contributed by atoms with van der Waals surface area (Å²) in [5.74, 6) is -0.458. The molecule has 2 atom stereocenters. The first kappa shape index (κ1) is 10.1. The number of methoxy groups -OCH3 is 1. The fourth-order valence-corrected chi connectivity index (χ4v) is 1.33. The second-order valence-corrected chi connectivity index (χ2v) is 3.19. The number of hydrogen-bond donors (Lipinski definition) is 2. The van der Waals surface area contributed by atoms with Gasteiger partial charge in [0.2, 0.25) is 11.8 Å². The van der Waals surface area contributed by atoms with Gasteiger partial charge in [-0.25, -0.2) is 0 Å². The van der Waals surface area contributed by atoms with Crippen LogP contribution in [0, 0.1) is 0 Å². The lowest BCUT2D eigenvalue weighted by Crippen LogP contribution is -2.43. The highest BCUT2D eigenvalue weighted by Crippen LogP contribution is 2.02. The molecule has 1 fully saturated rings. The normalized spacial score (nSPS) is 24.6. The maximum atomic E-state index is 11.1. The van der Waals surface area contributed by atoms with Gasteiger partial charge in [-0.3, -0.25) is 14.9 Å². The molecule has 0 spiro atoms. The first-order valence-electron chi connectivity index (χ1n) is 4.22. The molecule has 1 aliphatic rings. The summed E-state index contributed by atoms with van der Waals surface area (Å²) in [7, 11) is 1.60. The third kappa shape index (κ3) is 2.78. The zero-order valence-electron chi connectivity index (χ0n) is 7.79. The SMILES string of the molecule is COCC(C)NC1CC(=O)NC1=O. The van der Waals surface area contributed by atoms with Crippen LogP contribution in [0.1, 0.15) is 13.3 Å². The second kappa shape index (κ2) is 4.34. The molecule has 0 aromatic rings. The van der Waals surface area contributed by atoms with Crippen molar-refractivity contribution < 1.29 is 14.3 Å². The Balaban J connectivity index is 2.36. The fraction of sp³-hybridized carbons (Fsp3) is 0.750. The highest BCUT2D eigenvalue weighted by Gasteiger charge is 2.30. The summed E-state index contributed by atoms with van der Waals surface area (Å²) in [6, 6.07) is -0.315. The molecule has 5 heteroatoms. The fourth-order valence-electron chi connectivity index (χ4n) is 1.33. The second-order valence-electron chi connectivity index (χ2n) is 3.19. The Kier molecular flexibility index (Phi) is 3.39. The zero-order valence-corrected chi connectivity index (χ0v) is 7.79. The van der Waals surface area contributed by atoms with E-state index >= 15 is 0 Å². The number of carbonyl (C=O) groups excluding carboxylic acids is 2. The lowest BCUT2D eigenvalue weighted by Gasteiger charge is -2.15. The van der Waals surface area contributed by atoms with Crippen LogP contribution in [0.4, 0.5) is 0 Å². The van der Waals surface area contributed by atoms with Crippen LogP contribution in [0.25, 0.3) is 0 Å². The zero-order chi connectivity index (χ0) is 9.84. The van der Waals surface area contributed by atoms with Gasteiger partial charge in [0.05, 0.1) is 19.1 Å². The molecular formula is C8H14N2O3. The van der Waals surface area contributed by atoms with Crippen molar-refractivity contribution in [3.63, 3.8) is 0 Å². The van der Waals surface area contributed by atoms with Crippen LogP contribution in [0.2, 0.25) is 0 Å². The molecule has 0 aromatic heterocycles. The number of rotatable bonds is 4. The Hall–Kier alpha value is -0.940. The minimum atomic E-state index is -0.391. The standard InChI is InChI=1S/C8H14N2O3/c1-5(4-13-2)9-6-3-7(11)10-8(6)12/h5-6,9H,3-4H2,1-2H3,(H,10,11,12). The summed E-state index contributed by atoms with van der Waals surface area (Å²) in [6.07, 6.45) is 0.229. The molecule has 1 heterocycles. The van der Waals surface area contributed by atoms with Crippen LogP contribution < -0.4 is 10.6 Å². The summed E-state index contributed by atoms with van der Waals surface area (Å²) < 4.78 is 4.90.